The van der Waals surface area contributed by atoms with Crippen LogP contribution in [0.15, 0.2) is 36.4 Å². The van der Waals surface area contributed by atoms with Crippen molar-refractivity contribution in [3.05, 3.63) is 52.5 Å². The van der Waals surface area contributed by atoms with Crippen molar-refractivity contribution in [2.45, 2.75) is 43.5 Å². The fraction of sp³-hybridized carbons (Fsp3) is 0.519. The predicted molar refractivity (Wildman–Crippen MR) is 135 cm³/mol. The van der Waals surface area contributed by atoms with E-state index in [0.29, 0.717) is 25.2 Å². The molecule has 8 nitrogen and oxygen atoms in total. The maximum Gasteiger partial charge on any atom is 0.257 e. The largest absolute Gasteiger partial charge is 0.508 e. The standard InChI is InChI=1S/C27H33ClN2O6/c1-34-22-6-9-30(16-22)26(33)23-4-3-20(31)13-25(23)35-17-21(32)15-29-10-7-27(8-11-29)14-18-12-19(28)2-5-24(18)36-27/h2-5,12-13,21-22,31-32H,6-11,14-17H2,1H3/t21-,22-/m0/s1. The number of benzene rings is 2. The molecule has 0 radical (unpaired) electrons. The summed E-state index contributed by atoms with van der Waals surface area (Å²) in [5.41, 5.74) is 1.33. The minimum absolute atomic E-state index is 0.00686. The number of hydrogen-bond donors (Lipinski definition) is 2. The summed E-state index contributed by atoms with van der Waals surface area (Å²) >= 11 is 6.14. The molecule has 0 bridgehead atoms. The Morgan fingerprint density at radius 3 is 2.78 bits per heavy atom. The summed E-state index contributed by atoms with van der Waals surface area (Å²) in [5.74, 6) is 1.03. The Hall–Kier alpha value is -2.52. The Labute approximate surface area is 216 Å². The van der Waals surface area contributed by atoms with Crippen LogP contribution in [0.5, 0.6) is 17.2 Å². The highest BCUT2D eigenvalue weighted by Gasteiger charge is 2.42. The van der Waals surface area contributed by atoms with Gasteiger partial charge in [0.15, 0.2) is 0 Å². The van der Waals surface area contributed by atoms with E-state index in [0.717, 1.165) is 55.1 Å². The van der Waals surface area contributed by atoms with Crippen molar-refractivity contribution >= 4 is 17.5 Å². The summed E-state index contributed by atoms with van der Waals surface area (Å²) < 4.78 is 17.5. The second kappa shape index (κ2) is 10.5. The number of amides is 1. The van der Waals surface area contributed by atoms with Crippen LogP contribution in [0.3, 0.4) is 0 Å². The Morgan fingerprint density at radius 1 is 1.22 bits per heavy atom. The number of piperidine rings is 1. The van der Waals surface area contributed by atoms with Gasteiger partial charge in [0, 0.05) is 70.2 Å². The first-order valence-electron chi connectivity index (χ1n) is 12.5. The number of likely N-dealkylation sites (tertiary alicyclic amines) is 2. The molecule has 36 heavy (non-hydrogen) atoms. The Kier molecular flexibility index (Phi) is 7.30. The molecular weight excluding hydrogens is 484 g/mol. The molecule has 0 aromatic heterocycles. The minimum Gasteiger partial charge on any atom is -0.508 e. The number of aliphatic hydroxyl groups is 1. The number of methoxy groups -OCH3 is 1. The van der Waals surface area contributed by atoms with E-state index in [1.165, 1.54) is 12.1 Å². The molecule has 3 aliphatic heterocycles. The number of rotatable bonds is 7. The molecular formula is C27H33ClN2O6. The summed E-state index contributed by atoms with van der Waals surface area (Å²) in [7, 11) is 1.65. The number of aromatic hydroxyl groups is 1. The first-order valence-corrected chi connectivity index (χ1v) is 12.9. The Bertz CT molecular complexity index is 1100. The third-order valence-electron chi connectivity index (χ3n) is 7.49. The molecule has 0 aliphatic carbocycles. The number of ether oxygens (including phenoxy) is 3. The summed E-state index contributed by atoms with van der Waals surface area (Å²) in [6.45, 7) is 3.23. The molecule has 2 aromatic carbocycles. The normalized spacial score (nSPS) is 21.9. The van der Waals surface area contributed by atoms with Gasteiger partial charge in [-0.1, -0.05) is 11.6 Å². The molecule has 2 saturated heterocycles. The molecule has 0 saturated carbocycles. The number of hydrogen-bond acceptors (Lipinski definition) is 7. The van der Waals surface area contributed by atoms with Crippen LogP contribution in [0.2, 0.25) is 5.02 Å². The topological polar surface area (TPSA) is 91.7 Å². The quantitative estimate of drug-likeness (QED) is 0.584. The number of phenols is 1. The first kappa shape index (κ1) is 25.1. The number of β-amino-alcohol motifs (C(OH)–C–C–N with tert-alkyl or cyclic N) is 1. The summed E-state index contributed by atoms with van der Waals surface area (Å²) in [5, 5.41) is 21.4. The van der Waals surface area contributed by atoms with Gasteiger partial charge in [-0.05, 0) is 42.3 Å². The highest BCUT2D eigenvalue weighted by Crippen LogP contribution is 2.42. The van der Waals surface area contributed by atoms with Crippen LogP contribution >= 0.6 is 11.6 Å². The zero-order valence-corrected chi connectivity index (χ0v) is 21.2. The van der Waals surface area contributed by atoms with Gasteiger partial charge in [0.25, 0.3) is 5.91 Å². The smallest absolute Gasteiger partial charge is 0.257 e. The highest BCUT2D eigenvalue weighted by molar-refractivity contribution is 6.30. The van der Waals surface area contributed by atoms with E-state index in [-0.39, 0.29) is 35.7 Å². The van der Waals surface area contributed by atoms with Gasteiger partial charge < -0.3 is 34.2 Å². The van der Waals surface area contributed by atoms with E-state index in [2.05, 4.69) is 4.90 Å². The first-order chi connectivity index (χ1) is 17.3. The van der Waals surface area contributed by atoms with Crippen LogP contribution in [0.4, 0.5) is 0 Å². The van der Waals surface area contributed by atoms with Gasteiger partial charge in [-0.15, -0.1) is 0 Å². The number of nitrogens with zero attached hydrogens (tertiary/aromatic N) is 2. The van der Waals surface area contributed by atoms with Crippen LogP contribution < -0.4 is 9.47 Å². The van der Waals surface area contributed by atoms with Crippen molar-refractivity contribution in [1.29, 1.82) is 0 Å². The molecule has 9 heteroatoms. The summed E-state index contributed by atoms with van der Waals surface area (Å²) in [4.78, 5) is 17.0. The van der Waals surface area contributed by atoms with Gasteiger partial charge in [0.2, 0.25) is 0 Å². The van der Waals surface area contributed by atoms with Gasteiger partial charge in [-0.3, -0.25) is 4.79 Å². The van der Waals surface area contributed by atoms with Crippen LogP contribution in [0.1, 0.15) is 35.2 Å². The predicted octanol–water partition coefficient (Wildman–Crippen LogP) is 3.12. The molecule has 0 unspecified atom stereocenters. The van der Waals surface area contributed by atoms with Gasteiger partial charge in [-0.2, -0.15) is 0 Å². The summed E-state index contributed by atoms with van der Waals surface area (Å²) in [6.07, 6.45) is 2.68. The van der Waals surface area contributed by atoms with E-state index < -0.39 is 6.10 Å². The molecule has 2 atom stereocenters. The van der Waals surface area contributed by atoms with Crippen molar-refractivity contribution in [1.82, 2.24) is 9.80 Å². The maximum absolute atomic E-state index is 13.0. The molecule has 194 valence electrons. The van der Waals surface area contributed by atoms with Crippen LogP contribution in [-0.2, 0) is 11.2 Å². The monoisotopic (exact) mass is 516 g/mol. The number of halogens is 1. The fourth-order valence-electron chi connectivity index (χ4n) is 5.44. The molecule has 5 rings (SSSR count). The lowest BCUT2D eigenvalue weighted by Gasteiger charge is -2.39. The number of fused-ring (bicyclic) bond motifs is 1. The molecule has 2 aromatic rings. The SMILES string of the molecule is CO[C@H]1CCN(C(=O)c2ccc(O)cc2OC[C@@H](O)CN2CCC3(CC2)Cc2cc(Cl)ccc2O3)C1. The molecule has 2 fully saturated rings. The third-order valence-corrected chi connectivity index (χ3v) is 7.73. The Morgan fingerprint density at radius 2 is 2.03 bits per heavy atom. The number of carbonyl (C=O) groups is 1. The number of aliphatic hydroxyl groups excluding tert-OH is 1. The second-order valence-corrected chi connectivity index (χ2v) is 10.5. The van der Waals surface area contributed by atoms with Crippen LogP contribution in [-0.4, -0.2) is 90.2 Å². The number of carbonyl (C=O) groups excluding carboxylic acids is 1. The molecule has 3 aliphatic rings. The zero-order chi connectivity index (χ0) is 25.3. The van der Waals surface area contributed by atoms with Crippen molar-refractivity contribution in [3.63, 3.8) is 0 Å². The summed E-state index contributed by atoms with van der Waals surface area (Å²) in [6, 6.07) is 10.3. The van der Waals surface area contributed by atoms with Gasteiger partial charge in [0.1, 0.15) is 35.6 Å². The highest BCUT2D eigenvalue weighted by atomic mass is 35.5. The second-order valence-electron chi connectivity index (χ2n) is 10.1. The lowest BCUT2D eigenvalue weighted by atomic mass is 9.87. The number of phenolic OH excluding ortho intramolecular Hbond substituents is 1. The molecule has 2 N–H and O–H groups in total. The van der Waals surface area contributed by atoms with Gasteiger partial charge in [-0.25, -0.2) is 0 Å². The lowest BCUT2D eigenvalue weighted by molar-refractivity contribution is -0.00202. The van der Waals surface area contributed by atoms with E-state index in [1.54, 1.807) is 18.1 Å². The van der Waals surface area contributed by atoms with Crippen LogP contribution in [0.25, 0.3) is 0 Å². The average Bonchev–Trinajstić information content (AvgIpc) is 3.48. The Balaban J connectivity index is 1.13. The fourth-order valence-corrected chi connectivity index (χ4v) is 5.64. The molecule has 1 spiro atoms. The van der Waals surface area contributed by atoms with Crippen molar-refractivity contribution < 1.29 is 29.2 Å². The molecule has 1 amide bonds. The average molecular weight is 517 g/mol. The maximum atomic E-state index is 13.0. The van der Waals surface area contributed by atoms with Crippen LogP contribution in [0, 0.1) is 0 Å². The third kappa shape index (κ3) is 5.42. The molecule has 3 heterocycles. The zero-order valence-electron chi connectivity index (χ0n) is 20.5. The van der Waals surface area contributed by atoms with Gasteiger partial charge >= 0.3 is 0 Å². The van der Waals surface area contributed by atoms with Gasteiger partial charge in [0.05, 0.1) is 11.7 Å². The van der Waals surface area contributed by atoms with E-state index >= 15 is 0 Å². The van der Waals surface area contributed by atoms with Crippen molar-refractivity contribution in [2.24, 2.45) is 0 Å². The van der Waals surface area contributed by atoms with E-state index in [9.17, 15) is 15.0 Å². The minimum atomic E-state index is -0.741. The van der Waals surface area contributed by atoms with E-state index in [4.69, 9.17) is 25.8 Å². The van der Waals surface area contributed by atoms with E-state index in [1.807, 2.05) is 18.2 Å². The van der Waals surface area contributed by atoms with Crippen molar-refractivity contribution in [3.8, 4) is 17.2 Å². The lowest BCUT2D eigenvalue weighted by Crippen LogP contribution is -2.49. The van der Waals surface area contributed by atoms with Crippen molar-refractivity contribution in [2.75, 3.05) is 46.4 Å².